The van der Waals surface area contributed by atoms with E-state index in [-0.39, 0.29) is 5.41 Å². The van der Waals surface area contributed by atoms with Crippen molar-refractivity contribution in [1.29, 1.82) is 0 Å². The summed E-state index contributed by atoms with van der Waals surface area (Å²) in [6.45, 7) is 4.75. The van der Waals surface area contributed by atoms with E-state index in [1.54, 1.807) is 0 Å². The lowest BCUT2D eigenvalue weighted by Crippen LogP contribution is -2.14. The number of hydrogen-bond donors (Lipinski definition) is 0. The SMILES string of the molecule is CC1(C)c2ccccc2-c2cc3c4cc(-c5ccc6c(c5)c5cc7c8ccccc8n(-c8ccccc8)c7cc5n6-c5ccccc5)ccc4n(-c4cccc(-c5ccccc5)c4)c3cc21. The molecule has 3 heterocycles. The van der Waals surface area contributed by atoms with Crippen molar-refractivity contribution in [2.75, 3.05) is 0 Å². The second-order valence-electron chi connectivity index (χ2n) is 18.5. The van der Waals surface area contributed by atoms with Gasteiger partial charge in [-0.25, -0.2) is 0 Å². The van der Waals surface area contributed by atoms with E-state index in [0.717, 1.165) is 17.1 Å². The van der Waals surface area contributed by atoms with Gasteiger partial charge in [-0.1, -0.05) is 147 Å². The molecule has 10 aromatic carbocycles. The summed E-state index contributed by atoms with van der Waals surface area (Å²) in [5.41, 5.74) is 20.8. The molecule has 0 fully saturated rings. The molecule has 0 bridgehead atoms. The summed E-state index contributed by atoms with van der Waals surface area (Å²) in [7, 11) is 0. The molecule has 0 N–H and O–H groups in total. The lowest BCUT2D eigenvalue weighted by atomic mass is 9.82. The van der Waals surface area contributed by atoms with Gasteiger partial charge in [0.2, 0.25) is 0 Å². The zero-order valence-electron chi connectivity index (χ0n) is 36.7. The third-order valence-electron chi connectivity index (χ3n) is 14.6. The molecule has 1 aliphatic carbocycles. The van der Waals surface area contributed by atoms with Gasteiger partial charge in [0.1, 0.15) is 0 Å². The van der Waals surface area contributed by atoms with Gasteiger partial charge in [-0.3, -0.25) is 0 Å². The average molecular weight is 842 g/mol. The van der Waals surface area contributed by atoms with Crippen molar-refractivity contribution in [3.8, 4) is 50.4 Å². The van der Waals surface area contributed by atoms with E-state index < -0.39 is 0 Å². The third kappa shape index (κ3) is 5.26. The van der Waals surface area contributed by atoms with Crippen molar-refractivity contribution in [1.82, 2.24) is 13.7 Å². The topological polar surface area (TPSA) is 14.8 Å². The summed E-state index contributed by atoms with van der Waals surface area (Å²) in [6.07, 6.45) is 0. The van der Waals surface area contributed by atoms with Crippen LogP contribution >= 0.6 is 0 Å². The van der Waals surface area contributed by atoms with E-state index in [9.17, 15) is 0 Å². The molecule has 14 rings (SSSR count). The van der Waals surface area contributed by atoms with Crippen LogP contribution in [0.3, 0.4) is 0 Å². The number of fused-ring (bicyclic) bond motifs is 12. The molecular weight excluding hydrogens is 799 g/mol. The monoisotopic (exact) mass is 841 g/mol. The second kappa shape index (κ2) is 13.8. The van der Waals surface area contributed by atoms with E-state index in [2.05, 4.69) is 252 Å². The van der Waals surface area contributed by atoms with Gasteiger partial charge in [0.25, 0.3) is 0 Å². The molecule has 0 spiro atoms. The van der Waals surface area contributed by atoms with Crippen LogP contribution in [0.2, 0.25) is 0 Å². The van der Waals surface area contributed by atoms with Crippen LogP contribution in [0.15, 0.2) is 224 Å². The van der Waals surface area contributed by atoms with Crippen molar-refractivity contribution in [2.24, 2.45) is 0 Å². The number of para-hydroxylation sites is 3. The molecular formula is C63H43N3. The highest BCUT2D eigenvalue weighted by Gasteiger charge is 2.36. The quantitative estimate of drug-likeness (QED) is 0.164. The van der Waals surface area contributed by atoms with Crippen LogP contribution in [-0.4, -0.2) is 13.7 Å². The van der Waals surface area contributed by atoms with Gasteiger partial charge in [-0.15, -0.1) is 0 Å². The van der Waals surface area contributed by atoms with E-state index in [1.165, 1.54) is 110 Å². The highest BCUT2D eigenvalue weighted by Crippen LogP contribution is 2.51. The second-order valence-corrected chi connectivity index (χ2v) is 18.5. The first-order valence-corrected chi connectivity index (χ1v) is 23.0. The van der Waals surface area contributed by atoms with Gasteiger partial charge in [0.15, 0.2) is 0 Å². The zero-order valence-corrected chi connectivity index (χ0v) is 36.7. The largest absolute Gasteiger partial charge is 0.309 e. The Labute approximate surface area is 382 Å². The molecule has 0 atom stereocenters. The molecule has 0 radical (unpaired) electrons. The van der Waals surface area contributed by atoms with Gasteiger partial charge in [0.05, 0.1) is 33.1 Å². The van der Waals surface area contributed by atoms with E-state index in [0.29, 0.717) is 0 Å². The average Bonchev–Trinajstić information content (AvgIpc) is 4.05. The van der Waals surface area contributed by atoms with Gasteiger partial charge >= 0.3 is 0 Å². The summed E-state index contributed by atoms with van der Waals surface area (Å²) in [4.78, 5) is 0. The number of hydrogen-bond acceptors (Lipinski definition) is 0. The van der Waals surface area contributed by atoms with E-state index >= 15 is 0 Å². The molecule has 66 heavy (non-hydrogen) atoms. The molecule has 3 aromatic heterocycles. The maximum absolute atomic E-state index is 2.49. The summed E-state index contributed by atoms with van der Waals surface area (Å²) in [5.74, 6) is 0. The summed E-state index contributed by atoms with van der Waals surface area (Å²) < 4.78 is 7.36. The van der Waals surface area contributed by atoms with Crippen molar-refractivity contribution in [3.05, 3.63) is 236 Å². The van der Waals surface area contributed by atoms with Crippen LogP contribution < -0.4 is 0 Å². The molecule has 0 unspecified atom stereocenters. The van der Waals surface area contributed by atoms with Gasteiger partial charge in [-0.05, 0) is 136 Å². The molecule has 310 valence electrons. The zero-order chi connectivity index (χ0) is 43.7. The molecule has 0 saturated heterocycles. The Morgan fingerprint density at radius 3 is 1.41 bits per heavy atom. The highest BCUT2D eigenvalue weighted by atomic mass is 15.0. The fourth-order valence-electron chi connectivity index (χ4n) is 11.5. The maximum atomic E-state index is 2.49. The molecule has 13 aromatic rings. The minimum Gasteiger partial charge on any atom is -0.309 e. The van der Waals surface area contributed by atoms with Crippen LogP contribution in [0.25, 0.3) is 116 Å². The van der Waals surface area contributed by atoms with Crippen LogP contribution in [0.4, 0.5) is 0 Å². The van der Waals surface area contributed by atoms with Crippen molar-refractivity contribution >= 4 is 65.4 Å². The number of aromatic nitrogens is 3. The number of nitrogens with zero attached hydrogens (tertiary/aromatic N) is 3. The first kappa shape index (κ1) is 37.0. The molecule has 3 heteroatoms. The number of benzene rings is 10. The van der Waals surface area contributed by atoms with Gasteiger partial charge in [-0.2, -0.15) is 0 Å². The number of rotatable bonds is 5. The Kier molecular flexibility index (Phi) is 7.74. The first-order valence-electron chi connectivity index (χ1n) is 23.0. The summed E-state index contributed by atoms with van der Waals surface area (Å²) >= 11 is 0. The Morgan fingerprint density at radius 2 is 0.727 bits per heavy atom. The van der Waals surface area contributed by atoms with Crippen LogP contribution in [-0.2, 0) is 5.41 Å². The van der Waals surface area contributed by atoms with Crippen molar-refractivity contribution < 1.29 is 0 Å². The predicted octanol–water partition coefficient (Wildman–Crippen LogP) is 16.6. The Balaban J connectivity index is 1.02. The van der Waals surface area contributed by atoms with Gasteiger partial charge in [0, 0.05) is 54.8 Å². The van der Waals surface area contributed by atoms with E-state index in [4.69, 9.17) is 0 Å². The van der Waals surface area contributed by atoms with Crippen LogP contribution in [0.5, 0.6) is 0 Å². The molecule has 0 saturated carbocycles. The summed E-state index contributed by atoms with van der Waals surface area (Å²) in [5, 5.41) is 7.50. The lowest BCUT2D eigenvalue weighted by molar-refractivity contribution is 0.661. The van der Waals surface area contributed by atoms with Gasteiger partial charge < -0.3 is 13.7 Å². The fourth-order valence-corrected chi connectivity index (χ4v) is 11.5. The first-order chi connectivity index (χ1) is 32.5. The van der Waals surface area contributed by atoms with Crippen LogP contribution in [0, 0.1) is 0 Å². The summed E-state index contributed by atoms with van der Waals surface area (Å²) in [6, 6.07) is 83.2. The third-order valence-corrected chi connectivity index (χ3v) is 14.6. The predicted molar refractivity (Wildman–Crippen MR) is 278 cm³/mol. The molecule has 0 aliphatic heterocycles. The Morgan fingerprint density at radius 1 is 0.258 bits per heavy atom. The molecule has 3 nitrogen and oxygen atoms in total. The minimum absolute atomic E-state index is 0.116. The fraction of sp³-hybridized carbons (Fsp3) is 0.0476. The lowest BCUT2D eigenvalue weighted by Gasteiger charge is -2.21. The Hall–Kier alpha value is -8.40. The molecule has 0 amide bonds. The van der Waals surface area contributed by atoms with E-state index in [1.807, 2.05) is 0 Å². The highest BCUT2D eigenvalue weighted by molar-refractivity contribution is 6.20. The van der Waals surface area contributed by atoms with Crippen molar-refractivity contribution in [3.63, 3.8) is 0 Å². The molecule has 1 aliphatic rings. The maximum Gasteiger partial charge on any atom is 0.0562 e. The minimum atomic E-state index is -0.116. The smallest absolute Gasteiger partial charge is 0.0562 e. The Bertz CT molecular complexity index is 4110. The van der Waals surface area contributed by atoms with Crippen molar-refractivity contribution in [2.45, 2.75) is 19.3 Å². The normalized spacial score (nSPS) is 13.1. The van der Waals surface area contributed by atoms with Crippen LogP contribution in [0.1, 0.15) is 25.0 Å². The standard InChI is InChI=1S/C63H43N3/c1-63(2)55-27-14-12-25-47(55)49-36-53-50-34-43(30-32-59(50)66(60(53)38-56(49)63)46-24-16-19-41(33-46)40-17-6-3-7-18-40)42-29-31-58-51(35-42)54-37-52-48-26-13-15-28-57(48)64(44-20-8-4-9-21-44)61(52)39-62(54)65(58)45-22-10-5-11-23-45/h3-39H,1-2H3.